The van der Waals surface area contributed by atoms with Gasteiger partial charge in [-0.1, -0.05) is 19.1 Å². The molecule has 0 saturated carbocycles. The van der Waals surface area contributed by atoms with Crippen LogP contribution in [0.4, 0.5) is 0 Å². The Balaban J connectivity index is 2.62. The fourth-order valence-corrected chi connectivity index (χ4v) is 1.48. The summed E-state index contributed by atoms with van der Waals surface area (Å²) in [5, 5.41) is 0. The normalized spacial score (nSPS) is 15.5. The first-order chi connectivity index (χ1) is 7.04. The largest absolute Gasteiger partial charge is 0.438 e. The first kappa shape index (κ1) is 10.2. The van der Waals surface area contributed by atoms with Crippen molar-refractivity contribution < 1.29 is 4.42 Å². The highest BCUT2D eigenvalue weighted by molar-refractivity contribution is 5.76. The van der Waals surface area contributed by atoms with Crippen LogP contribution in [0.1, 0.15) is 31.7 Å². The molecule has 15 heavy (non-hydrogen) atoms. The summed E-state index contributed by atoms with van der Waals surface area (Å²) in [4.78, 5) is 4.42. The Bertz CT molecular complexity index is 485. The molecule has 0 aliphatic heterocycles. The van der Waals surface area contributed by atoms with Crippen LogP contribution in [0.2, 0.25) is 0 Å². The van der Waals surface area contributed by atoms with Crippen LogP contribution in [0, 0.1) is 6.92 Å². The van der Waals surface area contributed by atoms with Crippen LogP contribution in [0.5, 0.6) is 0 Å². The standard InChI is InChI=1S/C12H16N2O/c1-4-12(3,13)11-14-9-7-5-6-8(2)10(9)15-11/h5-7H,4,13H2,1-3H3. The SMILES string of the molecule is CCC(C)(N)c1nc2cccc(C)c2o1. The van der Waals surface area contributed by atoms with Crippen molar-refractivity contribution in [3.8, 4) is 0 Å². The number of oxazole rings is 1. The molecule has 1 aromatic heterocycles. The minimum absolute atomic E-state index is 0.481. The lowest BCUT2D eigenvalue weighted by Gasteiger charge is -2.17. The molecule has 3 nitrogen and oxygen atoms in total. The average molecular weight is 204 g/mol. The van der Waals surface area contributed by atoms with Crippen LogP contribution in [0.25, 0.3) is 11.1 Å². The van der Waals surface area contributed by atoms with E-state index < -0.39 is 5.54 Å². The van der Waals surface area contributed by atoms with Gasteiger partial charge in [0.1, 0.15) is 5.52 Å². The molecule has 0 bridgehead atoms. The van der Waals surface area contributed by atoms with Crippen molar-refractivity contribution in [2.75, 3.05) is 0 Å². The lowest BCUT2D eigenvalue weighted by Crippen LogP contribution is -2.32. The summed E-state index contributed by atoms with van der Waals surface area (Å²) in [7, 11) is 0. The number of hydrogen-bond acceptors (Lipinski definition) is 3. The molecule has 0 fully saturated rings. The van der Waals surface area contributed by atoms with Gasteiger partial charge in [0.2, 0.25) is 5.89 Å². The summed E-state index contributed by atoms with van der Waals surface area (Å²) in [5.74, 6) is 0.620. The van der Waals surface area contributed by atoms with Crippen LogP contribution in [-0.2, 0) is 5.54 Å². The van der Waals surface area contributed by atoms with Crippen molar-refractivity contribution >= 4 is 11.1 Å². The van der Waals surface area contributed by atoms with Crippen molar-refractivity contribution in [3.05, 3.63) is 29.7 Å². The summed E-state index contributed by atoms with van der Waals surface area (Å²) in [6.07, 6.45) is 0.804. The van der Waals surface area contributed by atoms with E-state index in [0.717, 1.165) is 23.1 Å². The molecule has 0 radical (unpaired) electrons. The van der Waals surface area contributed by atoms with E-state index >= 15 is 0 Å². The van der Waals surface area contributed by atoms with Gasteiger partial charge in [0, 0.05) is 0 Å². The summed E-state index contributed by atoms with van der Waals surface area (Å²) < 4.78 is 5.72. The molecule has 2 N–H and O–H groups in total. The first-order valence-electron chi connectivity index (χ1n) is 5.20. The molecule has 0 amide bonds. The van der Waals surface area contributed by atoms with E-state index in [1.54, 1.807) is 0 Å². The Morgan fingerprint density at radius 2 is 2.20 bits per heavy atom. The van der Waals surface area contributed by atoms with Gasteiger partial charge in [-0.15, -0.1) is 0 Å². The monoisotopic (exact) mass is 204 g/mol. The molecule has 2 aromatic rings. The molecule has 3 heteroatoms. The summed E-state index contributed by atoms with van der Waals surface area (Å²) in [6.45, 7) is 5.98. The molecule has 1 atom stereocenters. The van der Waals surface area contributed by atoms with Crippen molar-refractivity contribution in [3.63, 3.8) is 0 Å². The molecule has 0 aliphatic rings. The van der Waals surface area contributed by atoms with Crippen molar-refractivity contribution in [1.29, 1.82) is 0 Å². The van der Waals surface area contributed by atoms with Gasteiger partial charge in [-0.05, 0) is 31.9 Å². The highest BCUT2D eigenvalue weighted by Gasteiger charge is 2.25. The number of aryl methyl sites for hydroxylation is 1. The van der Waals surface area contributed by atoms with Gasteiger partial charge in [0.25, 0.3) is 0 Å². The van der Waals surface area contributed by atoms with Crippen LogP contribution < -0.4 is 5.73 Å². The van der Waals surface area contributed by atoms with E-state index in [4.69, 9.17) is 10.2 Å². The predicted octanol–water partition coefficient (Wildman–Crippen LogP) is 2.72. The van der Waals surface area contributed by atoms with Gasteiger partial charge < -0.3 is 10.2 Å². The molecule has 1 heterocycles. The van der Waals surface area contributed by atoms with E-state index in [-0.39, 0.29) is 0 Å². The number of benzene rings is 1. The first-order valence-corrected chi connectivity index (χ1v) is 5.20. The second-order valence-electron chi connectivity index (χ2n) is 4.21. The fraction of sp³-hybridized carbons (Fsp3) is 0.417. The summed E-state index contributed by atoms with van der Waals surface area (Å²) >= 11 is 0. The van der Waals surface area contributed by atoms with E-state index in [0.29, 0.717) is 5.89 Å². The van der Waals surface area contributed by atoms with Gasteiger partial charge in [0.15, 0.2) is 5.58 Å². The predicted molar refractivity (Wildman–Crippen MR) is 60.6 cm³/mol. The molecule has 80 valence electrons. The maximum atomic E-state index is 6.09. The Labute approximate surface area is 89.3 Å². The maximum Gasteiger partial charge on any atom is 0.215 e. The van der Waals surface area contributed by atoms with E-state index in [1.165, 1.54) is 0 Å². The molecule has 2 rings (SSSR count). The molecular formula is C12H16N2O. The minimum atomic E-state index is -0.481. The number of para-hydroxylation sites is 1. The molecule has 1 unspecified atom stereocenters. The van der Waals surface area contributed by atoms with Crippen LogP contribution in [-0.4, -0.2) is 4.98 Å². The lowest BCUT2D eigenvalue weighted by atomic mass is 10.0. The summed E-state index contributed by atoms with van der Waals surface area (Å²) in [6, 6.07) is 5.93. The number of aromatic nitrogens is 1. The van der Waals surface area contributed by atoms with Crippen molar-refractivity contribution in [1.82, 2.24) is 4.98 Å². The second-order valence-corrected chi connectivity index (χ2v) is 4.21. The third-order valence-corrected chi connectivity index (χ3v) is 2.83. The zero-order valence-electron chi connectivity index (χ0n) is 9.37. The molecule has 0 aliphatic carbocycles. The number of fused-ring (bicyclic) bond motifs is 1. The third-order valence-electron chi connectivity index (χ3n) is 2.83. The zero-order chi connectivity index (χ0) is 11.1. The Kier molecular flexibility index (Phi) is 2.27. The zero-order valence-corrected chi connectivity index (χ0v) is 9.37. The Morgan fingerprint density at radius 1 is 1.47 bits per heavy atom. The second kappa shape index (κ2) is 3.35. The van der Waals surface area contributed by atoms with E-state index in [1.807, 2.05) is 39.0 Å². The van der Waals surface area contributed by atoms with E-state index in [2.05, 4.69) is 4.98 Å². The number of rotatable bonds is 2. The van der Waals surface area contributed by atoms with Crippen molar-refractivity contribution in [2.45, 2.75) is 32.7 Å². The Morgan fingerprint density at radius 3 is 2.80 bits per heavy atom. The number of hydrogen-bond donors (Lipinski definition) is 1. The number of nitrogens with two attached hydrogens (primary N) is 1. The van der Waals surface area contributed by atoms with Gasteiger partial charge in [0.05, 0.1) is 5.54 Å². The van der Waals surface area contributed by atoms with Gasteiger partial charge >= 0.3 is 0 Å². The van der Waals surface area contributed by atoms with Crippen molar-refractivity contribution in [2.24, 2.45) is 5.73 Å². The molecule has 0 saturated heterocycles. The smallest absolute Gasteiger partial charge is 0.215 e. The van der Waals surface area contributed by atoms with Gasteiger partial charge in [-0.3, -0.25) is 0 Å². The summed E-state index contributed by atoms with van der Waals surface area (Å²) in [5.41, 5.74) is 8.44. The Hall–Kier alpha value is -1.35. The topological polar surface area (TPSA) is 52.0 Å². The minimum Gasteiger partial charge on any atom is -0.438 e. The highest BCUT2D eigenvalue weighted by Crippen LogP contribution is 2.26. The molecule has 0 spiro atoms. The lowest BCUT2D eigenvalue weighted by molar-refractivity contribution is 0.356. The maximum absolute atomic E-state index is 6.09. The number of nitrogens with zero attached hydrogens (tertiary/aromatic N) is 1. The van der Waals surface area contributed by atoms with Crippen LogP contribution in [0.15, 0.2) is 22.6 Å². The third kappa shape index (κ3) is 1.63. The van der Waals surface area contributed by atoms with E-state index in [9.17, 15) is 0 Å². The van der Waals surface area contributed by atoms with Crippen LogP contribution in [0.3, 0.4) is 0 Å². The van der Waals surface area contributed by atoms with Gasteiger partial charge in [-0.25, -0.2) is 4.98 Å². The molecular weight excluding hydrogens is 188 g/mol. The van der Waals surface area contributed by atoms with Gasteiger partial charge in [-0.2, -0.15) is 0 Å². The average Bonchev–Trinajstić information content (AvgIpc) is 2.64. The molecule has 1 aromatic carbocycles. The highest BCUT2D eigenvalue weighted by atomic mass is 16.4. The quantitative estimate of drug-likeness (QED) is 0.818. The fourth-order valence-electron chi connectivity index (χ4n) is 1.48. The van der Waals surface area contributed by atoms with Crippen LogP contribution >= 0.6 is 0 Å².